The van der Waals surface area contributed by atoms with Crippen LogP contribution in [0.1, 0.15) is 42.5 Å². The summed E-state index contributed by atoms with van der Waals surface area (Å²) < 4.78 is 82.7. The molecule has 5 N–H and O–H groups in total. The standard InChI is InChI=1S/C32H16N8.C12H16N7O5S2.2C2H6.2CH4.Cu.2Li.O3S/c1-2-10-18-17(9-1)25-33-26(18)38-28-21-13-5-6-14-22(21)30(35-28)40-32-24-16-8-7-15-23(24)31(36-32)39-29-20-12-4-3-11-19(20)27(34-29)37-25;1-25(20,21)15-6-5-14-11-17-10(13)18-12(19-11)16-8-3-2-4-9(7-8)26(22,23)24;2*1-2;;;;;;1-4(2)3/h1-16H;2,4,7,15H,5-6H2,1H3,(H,22,23,24)(H4,13,14,16,17,18,19);2*1-2H3;2*1H4;;;;/q-2;-1;;;;;+2;2*+1;/p-1. The van der Waals surface area contributed by atoms with Gasteiger partial charge < -0.3 is 50.8 Å². The van der Waals surface area contributed by atoms with E-state index in [0.29, 0.717) is 45.9 Å². The number of benzene rings is 5. The van der Waals surface area contributed by atoms with Crippen molar-refractivity contribution in [1.82, 2.24) is 59.5 Å². The molecule has 2 aliphatic heterocycles. The summed E-state index contributed by atoms with van der Waals surface area (Å²) in [5, 5.41) is 8.99. The maximum absolute atomic E-state index is 11.0. The molecule has 0 unspecified atom stereocenters. The van der Waals surface area contributed by atoms with E-state index in [1.54, 1.807) is 0 Å². The van der Waals surface area contributed by atoms with Gasteiger partial charge in [-0.2, -0.15) is 33.2 Å². The second-order valence-electron chi connectivity index (χ2n) is 14.8. The SMILES string of the molecule is C.C.CC.CC.CS(=O)(=O)NCCNc1nc(N)nc(Nc2[c-]ccc(S(=O)(=O)[O-])c2)n1.O=S(=O)=O.[Cu+2].[Li+].[Li+].c1ccc2c(c1)-c1nc-2nc2[n-]c(nc3nc(nc4[n-]c(n1)c1ccccc41)-c1ccccc1-3)c1ccccc21. The van der Waals surface area contributed by atoms with Crippen LogP contribution >= 0.6 is 0 Å². The first-order valence-corrected chi connectivity index (χ1v) is 26.7. The molecule has 11 rings (SSSR count). The summed E-state index contributed by atoms with van der Waals surface area (Å²) in [6, 6.07) is 38.0. The molecule has 8 bridgehead atoms. The number of nitrogens with zero attached hydrogens (tertiary/aromatic N) is 11. The van der Waals surface area contributed by atoms with Crippen molar-refractivity contribution in [3.63, 3.8) is 0 Å². The number of sulfonamides is 1. The Morgan fingerprint density at radius 2 is 0.911 bits per heavy atom. The molecule has 0 fully saturated rings. The van der Waals surface area contributed by atoms with Crippen LogP contribution in [0.25, 0.3) is 89.7 Å². The second-order valence-corrected chi connectivity index (χ2v) is 18.4. The molecule has 0 spiro atoms. The third-order valence-electron chi connectivity index (χ3n) is 10.1. The van der Waals surface area contributed by atoms with Crippen LogP contribution in [0.4, 0.5) is 23.5 Å². The zero-order chi connectivity index (χ0) is 53.2. The fourth-order valence-corrected chi connectivity index (χ4v) is 8.16. The predicted octanol–water partition coefficient (Wildman–Crippen LogP) is 1.32. The maximum atomic E-state index is 11.0. The van der Waals surface area contributed by atoms with E-state index in [2.05, 4.69) is 36.4 Å². The van der Waals surface area contributed by atoms with Crippen molar-refractivity contribution < 1.29 is 88.8 Å². The molecule has 79 heavy (non-hydrogen) atoms. The number of rotatable bonds is 8. The summed E-state index contributed by atoms with van der Waals surface area (Å²) in [4.78, 5) is 50.5. The fourth-order valence-electron chi connectivity index (χ4n) is 7.19. The molecule has 405 valence electrons. The minimum Gasteiger partial charge on any atom is -0.746 e. The molecule has 2 aliphatic rings. The third-order valence-corrected chi connectivity index (χ3v) is 11.6. The number of hydrogen-bond donors (Lipinski definition) is 4. The van der Waals surface area contributed by atoms with Gasteiger partial charge in [-0.25, -0.2) is 31.5 Å². The quantitative estimate of drug-likeness (QED) is 0.0721. The van der Waals surface area contributed by atoms with E-state index in [4.69, 9.17) is 58.2 Å². The van der Waals surface area contributed by atoms with Crippen LogP contribution in [0.15, 0.2) is 120 Å². The van der Waals surface area contributed by atoms with E-state index >= 15 is 0 Å². The number of nitrogens with one attached hydrogen (secondary N) is 3. The van der Waals surface area contributed by atoms with Gasteiger partial charge >= 0.3 is 65.4 Å². The van der Waals surface area contributed by atoms with Gasteiger partial charge in [0.2, 0.25) is 27.9 Å². The summed E-state index contributed by atoms with van der Waals surface area (Å²) in [5.74, 6) is 2.13. The van der Waals surface area contributed by atoms with E-state index < -0.39 is 35.6 Å². The summed E-state index contributed by atoms with van der Waals surface area (Å²) in [6.07, 6.45) is 1.03. The van der Waals surface area contributed by atoms with Crippen molar-refractivity contribution in [2.45, 2.75) is 47.4 Å². The topological polar surface area (TPSA) is 349 Å². The smallest absolute Gasteiger partial charge is 0.746 e. The number of nitrogens with two attached hydrogens (primary N) is 1. The van der Waals surface area contributed by atoms with Crippen molar-refractivity contribution in [2.24, 2.45) is 0 Å². The Hall–Kier alpha value is -6.98. The van der Waals surface area contributed by atoms with Crippen LogP contribution in [0, 0.1) is 6.07 Å². The molecule has 1 radical (unpaired) electrons. The van der Waals surface area contributed by atoms with Crippen molar-refractivity contribution in [3.05, 3.63) is 121 Å². The number of anilines is 4. The fraction of sp³-hybridized carbons (Fsp3) is 0.180. The van der Waals surface area contributed by atoms with Crippen molar-refractivity contribution >= 4 is 98.4 Å². The van der Waals surface area contributed by atoms with E-state index in [9.17, 15) is 21.4 Å². The average Bonchev–Trinajstić information content (AvgIpc) is 4.18. The Balaban J connectivity index is 0.000000482. The van der Waals surface area contributed by atoms with Gasteiger partial charge in [-0.15, -0.1) is 18.7 Å². The van der Waals surface area contributed by atoms with Crippen LogP contribution in [0.2, 0.25) is 0 Å². The Kier molecular flexibility index (Phi) is 26.2. The first kappa shape index (κ1) is 68.1. The zero-order valence-electron chi connectivity index (χ0n) is 42.2. The minimum atomic E-state index is -4.62. The second kappa shape index (κ2) is 30.4. The molecule has 9 aromatic rings. The first-order chi connectivity index (χ1) is 35.6. The molecule has 0 atom stereocenters. The number of hydrogen-bond acceptors (Lipinski definition) is 20. The van der Waals surface area contributed by atoms with E-state index in [0.717, 1.165) is 62.2 Å². The van der Waals surface area contributed by atoms with Crippen LogP contribution in [0.3, 0.4) is 0 Å². The van der Waals surface area contributed by atoms with E-state index in [1.165, 1.54) is 6.07 Å². The molecule has 29 heteroatoms. The van der Waals surface area contributed by atoms with Crippen LogP contribution in [0.5, 0.6) is 0 Å². The number of nitrogen functional groups attached to an aromatic ring is 1. The van der Waals surface area contributed by atoms with E-state index in [1.807, 2.05) is 125 Å². The van der Waals surface area contributed by atoms with E-state index in [-0.39, 0.29) is 106 Å². The van der Waals surface area contributed by atoms with Gasteiger partial charge in [-0.1, -0.05) is 150 Å². The summed E-state index contributed by atoms with van der Waals surface area (Å²) in [7, 11) is -11.0. The molecule has 0 saturated heterocycles. The Labute approximate surface area is 493 Å². The van der Waals surface area contributed by atoms with Gasteiger partial charge in [-0.05, 0) is 21.5 Å². The Bertz CT molecular complexity index is 3760. The summed E-state index contributed by atoms with van der Waals surface area (Å²) >= 11 is 0. The molecule has 0 saturated carbocycles. The van der Waals surface area contributed by atoms with Gasteiger partial charge in [0.15, 0.2) is 0 Å². The molecule has 5 aromatic carbocycles. The van der Waals surface area contributed by atoms with Crippen molar-refractivity contribution in [1.29, 1.82) is 0 Å². The molecular weight excluding hydrogens is 1110 g/mol. The third kappa shape index (κ3) is 17.0. The summed E-state index contributed by atoms with van der Waals surface area (Å²) in [5.41, 5.74) is 11.5. The molecule has 0 aliphatic carbocycles. The monoisotopic (exact) mass is 1160 g/mol. The summed E-state index contributed by atoms with van der Waals surface area (Å²) in [6.45, 7) is 8.29. The normalized spacial score (nSPS) is 10.5. The molecule has 4 aromatic heterocycles. The van der Waals surface area contributed by atoms with Crippen LogP contribution in [-0.4, -0.2) is 98.2 Å². The molecular formula is C50H51CuLi2N15O8S3. The Morgan fingerprint density at radius 3 is 1.27 bits per heavy atom. The average molecular weight is 1160 g/mol. The van der Waals surface area contributed by atoms with Crippen LogP contribution < -0.4 is 68.8 Å². The first-order valence-electron chi connectivity index (χ1n) is 22.4. The number of fused-ring (bicyclic) bond motifs is 20. The predicted molar refractivity (Wildman–Crippen MR) is 292 cm³/mol. The van der Waals surface area contributed by atoms with Gasteiger partial charge in [0.25, 0.3) is 0 Å². The Morgan fingerprint density at radius 1 is 0.557 bits per heavy atom. The van der Waals surface area contributed by atoms with Crippen molar-refractivity contribution in [2.75, 3.05) is 35.7 Å². The zero-order valence-corrected chi connectivity index (χ0v) is 45.6. The van der Waals surface area contributed by atoms with Gasteiger partial charge in [-0.3, -0.25) is 0 Å². The molecule has 23 nitrogen and oxygen atoms in total. The largest absolute Gasteiger partial charge is 2.00 e. The van der Waals surface area contributed by atoms with Crippen LogP contribution in [-0.2, 0) is 47.8 Å². The van der Waals surface area contributed by atoms with Gasteiger partial charge in [0.1, 0.15) is 10.1 Å². The van der Waals surface area contributed by atoms with Gasteiger partial charge in [0.05, 0.1) is 29.6 Å². The number of aromatic nitrogens is 11. The minimum absolute atomic E-state index is 0. The van der Waals surface area contributed by atoms with Crippen molar-refractivity contribution in [3.8, 4) is 45.6 Å². The molecule has 0 amide bonds. The molecule has 6 heterocycles. The van der Waals surface area contributed by atoms with Gasteiger partial charge in [0, 0.05) is 57.9 Å². The maximum Gasteiger partial charge on any atom is 2.00 e.